The third-order valence-corrected chi connectivity index (χ3v) is 4.36. The zero-order valence-corrected chi connectivity index (χ0v) is 11.3. The smallest absolute Gasteiger partial charge is 0.220 e. The van der Waals surface area contributed by atoms with Crippen molar-refractivity contribution in [2.45, 2.75) is 64.3 Å². The third-order valence-electron chi connectivity index (χ3n) is 3.77. The van der Waals surface area contributed by atoms with Crippen molar-refractivity contribution in [1.82, 2.24) is 5.32 Å². The number of hydrogen-bond acceptors (Lipinski definition) is 1. The molecule has 1 N–H and O–H groups in total. The number of carbonyl (C=O) groups is 1. The molecule has 1 aliphatic carbocycles. The molecular formula is C13H24ClNO. The summed E-state index contributed by atoms with van der Waals surface area (Å²) in [7, 11) is 0. The Kier molecular flexibility index (Phi) is 5.60. The van der Waals surface area contributed by atoms with Gasteiger partial charge in [0.1, 0.15) is 0 Å². The van der Waals surface area contributed by atoms with Crippen LogP contribution in [0.15, 0.2) is 0 Å². The highest BCUT2D eigenvalue weighted by molar-refractivity contribution is 6.18. The van der Waals surface area contributed by atoms with Gasteiger partial charge < -0.3 is 5.32 Å². The Morgan fingerprint density at radius 2 is 2.06 bits per heavy atom. The van der Waals surface area contributed by atoms with Crippen LogP contribution in [-0.2, 0) is 4.79 Å². The molecule has 0 aliphatic heterocycles. The molecule has 94 valence electrons. The molecule has 0 aromatic carbocycles. The minimum absolute atomic E-state index is 0.164. The summed E-state index contributed by atoms with van der Waals surface area (Å²) in [4.78, 5) is 11.8. The van der Waals surface area contributed by atoms with Gasteiger partial charge in [0.05, 0.1) is 5.54 Å². The van der Waals surface area contributed by atoms with Gasteiger partial charge in [-0.05, 0) is 25.7 Å². The van der Waals surface area contributed by atoms with E-state index in [2.05, 4.69) is 12.2 Å². The molecule has 1 amide bonds. The van der Waals surface area contributed by atoms with Crippen molar-refractivity contribution >= 4 is 17.5 Å². The van der Waals surface area contributed by atoms with Gasteiger partial charge in [-0.15, -0.1) is 11.6 Å². The summed E-state index contributed by atoms with van der Waals surface area (Å²) in [5, 5.41) is 3.05. The predicted molar refractivity (Wildman–Crippen MR) is 68.8 cm³/mol. The minimum Gasteiger partial charge on any atom is -0.350 e. The summed E-state index contributed by atoms with van der Waals surface area (Å²) in [6, 6.07) is 0. The van der Waals surface area contributed by atoms with E-state index >= 15 is 0 Å². The first-order valence-electron chi connectivity index (χ1n) is 6.46. The molecule has 0 aromatic rings. The van der Waals surface area contributed by atoms with Crippen LogP contribution in [0.3, 0.4) is 0 Å². The Bertz CT molecular complexity index is 220. The number of rotatable bonds is 6. The van der Waals surface area contributed by atoms with Gasteiger partial charge in [0.15, 0.2) is 0 Å². The molecule has 0 bridgehead atoms. The number of carbonyl (C=O) groups excluding carboxylic acids is 1. The van der Waals surface area contributed by atoms with E-state index in [9.17, 15) is 4.79 Å². The topological polar surface area (TPSA) is 29.1 Å². The van der Waals surface area contributed by atoms with Crippen LogP contribution in [-0.4, -0.2) is 17.3 Å². The van der Waals surface area contributed by atoms with E-state index in [4.69, 9.17) is 11.6 Å². The molecule has 1 rings (SSSR count). The Morgan fingerprint density at radius 1 is 1.44 bits per heavy atom. The van der Waals surface area contributed by atoms with Gasteiger partial charge in [-0.1, -0.05) is 32.6 Å². The highest BCUT2D eigenvalue weighted by atomic mass is 35.5. The molecule has 16 heavy (non-hydrogen) atoms. The van der Waals surface area contributed by atoms with Crippen LogP contribution in [0, 0.1) is 5.92 Å². The van der Waals surface area contributed by atoms with Crippen molar-refractivity contribution in [1.29, 1.82) is 0 Å². The first-order valence-corrected chi connectivity index (χ1v) is 7.00. The monoisotopic (exact) mass is 245 g/mol. The van der Waals surface area contributed by atoms with Gasteiger partial charge in [-0.3, -0.25) is 4.79 Å². The first kappa shape index (κ1) is 13.8. The van der Waals surface area contributed by atoms with Crippen LogP contribution in [0.25, 0.3) is 0 Å². The summed E-state index contributed by atoms with van der Waals surface area (Å²) in [5.41, 5.74) is -0.228. The molecule has 1 saturated carbocycles. The van der Waals surface area contributed by atoms with Crippen molar-refractivity contribution in [3.05, 3.63) is 0 Å². The average molecular weight is 246 g/mol. The number of alkyl halides is 1. The van der Waals surface area contributed by atoms with Crippen LogP contribution in [0.2, 0.25) is 0 Å². The average Bonchev–Trinajstić information content (AvgIpc) is 2.79. The number of halogens is 1. The van der Waals surface area contributed by atoms with Gasteiger partial charge in [0.2, 0.25) is 5.91 Å². The normalized spacial score (nSPS) is 20.7. The van der Waals surface area contributed by atoms with Crippen LogP contribution in [0.5, 0.6) is 0 Å². The van der Waals surface area contributed by atoms with Gasteiger partial charge in [0, 0.05) is 12.3 Å². The second kappa shape index (κ2) is 6.48. The Morgan fingerprint density at radius 3 is 2.56 bits per heavy atom. The molecule has 3 heteroatoms. The van der Waals surface area contributed by atoms with Gasteiger partial charge in [-0.25, -0.2) is 0 Å². The lowest BCUT2D eigenvalue weighted by molar-refractivity contribution is -0.123. The van der Waals surface area contributed by atoms with Crippen molar-refractivity contribution in [3.8, 4) is 0 Å². The van der Waals surface area contributed by atoms with E-state index in [-0.39, 0.29) is 11.4 Å². The largest absolute Gasteiger partial charge is 0.350 e. The minimum atomic E-state index is -0.228. The van der Waals surface area contributed by atoms with E-state index in [0.29, 0.717) is 12.3 Å². The summed E-state index contributed by atoms with van der Waals surface area (Å²) in [5.74, 6) is 1.44. The molecule has 0 spiro atoms. The second-order valence-corrected chi connectivity index (χ2v) is 5.55. The summed E-state index contributed by atoms with van der Waals surface area (Å²) in [6.07, 6.45) is 7.92. The maximum atomic E-state index is 11.8. The third kappa shape index (κ3) is 4.32. The molecule has 1 atom stereocenters. The van der Waals surface area contributed by atoms with Crippen molar-refractivity contribution in [2.75, 3.05) is 5.88 Å². The molecule has 0 saturated heterocycles. The van der Waals surface area contributed by atoms with Crippen LogP contribution >= 0.6 is 11.6 Å². The standard InChI is InChI=1S/C13H24ClNO/c1-3-13(2,10-14)15-12(16)9-8-11-6-4-5-7-11/h11H,3-10H2,1-2H3,(H,15,16). The molecule has 0 aromatic heterocycles. The first-order chi connectivity index (χ1) is 7.59. The summed E-state index contributed by atoms with van der Waals surface area (Å²) >= 11 is 5.87. The lowest BCUT2D eigenvalue weighted by Crippen LogP contribution is -2.47. The Hall–Kier alpha value is -0.240. The van der Waals surface area contributed by atoms with E-state index < -0.39 is 0 Å². The molecule has 0 heterocycles. The van der Waals surface area contributed by atoms with E-state index in [1.54, 1.807) is 0 Å². The fourth-order valence-corrected chi connectivity index (χ4v) is 2.51. The van der Waals surface area contributed by atoms with Crippen LogP contribution in [0.4, 0.5) is 0 Å². The van der Waals surface area contributed by atoms with Crippen molar-refractivity contribution < 1.29 is 4.79 Å². The highest BCUT2D eigenvalue weighted by Gasteiger charge is 2.23. The maximum Gasteiger partial charge on any atom is 0.220 e. The zero-order chi connectivity index (χ0) is 12.0. The quantitative estimate of drug-likeness (QED) is 0.714. The van der Waals surface area contributed by atoms with Gasteiger partial charge >= 0.3 is 0 Å². The predicted octanol–water partition coefficient (Wildman–Crippen LogP) is 3.48. The summed E-state index contributed by atoms with van der Waals surface area (Å²) in [6.45, 7) is 4.06. The molecule has 1 fully saturated rings. The van der Waals surface area contributed by atoms with Crippen molar-refractivity contribution in [3.63, 3.8) is 0 Å². The zero-order valence-electron chi connectivity index (χ0n) is 10.5. The Balaban J connectivity index is 2.24. The lowest BCUT2D eigenvalue weighted by atomic mass is 9.99. The number of nitrogens with one attached hydrogen (secondary N) is 1. The SMILES string of the molecule is CCC(C)(CCl)NC(=O)CCC1CCCC1. The van der Waals surface area contributed by atoms with Crippen molar-refractivity contribution in [2.24, 2.45) is 5.92 Å². The van der Waals surface area contributed by atoms with Gasteiger partial charge in [-0.2, -0.15) is 0 Å². The maximum absolute atomic E-state index is 11.8. The molecule has 1 unspecified atom stereocenters. The molecule has 2 nitrogen and oxygen atoms in total. The second-order valence-electron chi connectivity index (χ2n) is 5.29. The Labute approximate surface area is 104 Å². The number of hydrogen-bond donors (Lipinski definition) is 1. The molecular weight excluding hydrogens is 222 g/mol. The highest BCUT2D eigenvalue weighted by Crippen LogP contribution is 2.28. The number of amides is 1. The van der Waals surface area contributed by atoms with E-state index in [0.717, 1.165) is 18.8 Å². The van der Waals surface area contributed by atoms with E-state index in [1.807, 2.05) is 6.92 Å². The van der Waals surface area contributed by atoms with Crippen LogP contribution < -0.4 is 5.32 Å². The van der Waals surface area contributed by atoms with Crippen LogP contribution in [0.1, 0.15) is 58.8 Å². The molecule has 0 radical (unpaired) electrons. The fraction of sp³-hybridized carbons (Fsp3) is 0.923. The van der Waals surface area contributed by atoms with E-state index in [1.165, 1.54) is 25.7 Å². The van der Waals surface area contributed by atoms with Gasteiger partial charge in [0.25, 0.3) is 0 Å². The fourth-order valence-electron chi connectivity index (χ4n) is 2.25. The summed E-state index contributed by atoms with van der Waals surface area (Å²) < 4.78 is 0. The lowest BCUT2D eigenvalue weighted by Gasteiger charge is -2.27. The molecule has 1 aliphatic rings.